The average Bonchev–Trinajstić information content (AvgIpc) is 2.76. The predicted octanol–water partition coefficient (Wildman–Crippen LogP) is 3.08. The van der Waals surface area contributed by atoms with Gasteiger partial charge in [0.15, 0.2) is 5.58 Å². The Morgan fingerprint density at radius 2 is 1.75 bits per heavy atom. The summed E-state index contributed by atoms with van der Waals surface area (Å²) in [7, 11) is 0. The van der Waals surface area contributed by atoms with E-state index in [4.69, 9.17) is 10.2 Å². The molecular formula is C13H10N2O. The summed E-state index contributed by atoms with van der Waals surface area (Å²) in [6.07, 6.45) is 0. The first-order chi connectivity index (χ1) is 7.84. The second-order valence-electron chi connectivity index (χ2n) is 3.58. The molecule has 3 nitrogen and oxygen atoms in total. The Balaban J connectivity index is 2.23. The van der Waals surface area contributed by atoms with Crippen molar-refractivity contribution in [2.75, 3.05) is 5.73 Å². The van der Waals surface area contributed by atoms with E-state index in [1.807, 2.05) is 48.5 Å². The van der Waals surface area contributed by atoms with Crippen LogP contribution in [0.1, 0.15) is 0 Å². The quantitative estimate of drug-likeness (QED) is 0.628. The van der Waals surface area contributed by atoms with E-state index in [9.17, 15) is 0 Å². The molecule has 0 aliphatic heterocycles. The summed E-state index contributed by atoms with van der Waals surface area (Å²) < 4.78 is 5.65. The number of para-hydroxylation sites is 1. The Morgan fingerprint density at radius 1 is 0.938 bits per heavy atom. The summed E-state index contributed by atoms with van der Waals surface area (Å²) in [6, 6.07) is 15.3. The van der Waals surface area contributed by atoms with Crippen LogP contribution in [0.25, 0.3) is 22.6 Å². The maximum Gasteiger partial charge on any atom is 0.227 e. The molecule has 3 rings (SSSR count). The van der Waals surface area contributed by atoms with Gasteiger partial charge in [0.05, 0.1) is 5.69 Å². The number of nitrogen functional groups attached to an aromatic ring is 1. The highest BCUT2D eigenvalue weighted by Crippen LogP contribution is 2.27. The van der Waals surface area contributed by atoms with Crippen molar-refractivity contribution in [1.29, 1.82) is 0 Å². The van der Waals surface area contributed by atoms with Crippen LogP contribution in [-0.2, 0) is 0 Å². The number of fused-ring (bicyclic) bond motifs is 1. The zero-order valence-electron chi connectivity index (χ0n) is 8.55. The normalized spacial score (nSPS) is 10.8. The van der Waals surface area contributed by atoms with Gasteiger partial charge in [0, 0.05) is 5.56 Å². The van der Waals surface area contributed by atoms with E-state index in [0.29, 0.717) is 17.2 Å². The Morgan fingerprint density at radius 3 is 2.50 bits per heavy atom. The molecule has 16 heavy (non-hydrogen) atoms. The molecule has 3 aromatic rings. The third-order valence-electron chi connectivity index (χ3n) is 2.47. The van der Waals surface area contributed by atoms with Gasteiger partial charge in [-0.15, -0.1) is 0 Å². The van der Waals surface area contributed by atoms with Crippen molar-refractivity contribution in [3.63, 3.8) is 0 Å². The van der Waals surface area contributed by atoms with Gasteiger partial charge in [-0.1, -0.05) is 24.3 Å². The van der Waals surface area contributed by atoms with Crippen molar-refractivity contribution in [1.82, 2.24) is 4.98 Å². The van der Waals surface area contributed by atoms with E-state index < -0.39 is 0 Å². The molecule has 2 aromatic carbocycles. The second-order valence-corrected chi connectivity index (χ2v) is 3.58. The summed E-state index contributed by atoms with van der Waals surface area (Å²) in [5.74, 6) is 0.605. The first-order valence-electron chi connectivity index (χ1n) is 5.05. The van der Waals surface area contributed by atoms with Crippen molar-refractivity contribution in [3.05, 3.63) is 48.5 Å². The van der Waals surface area contributed by atoms with Gasteiger partial charge in [-0.2, -0.15) is 0 Å². The minimum atomic E-state index is 0.605. The summed E-state index contributed by atoms with van der Waals surface area (Å²) >= 11 is 0. The molecule has 0 spiro atoms. The summed E-state index contributed by atoms with van der Waals surface area (Å²) in [5.41, 5.74) is 8.83. The van der Waals surface area contributed by atoms with E-state index in [1.165, 1.54) is 0 Å². The SMILES string of the molecule is Nc1cccc2nc(-c3ccccc3)oc12. The lowest BCUT2D eigenvalue weighted by Gasteiger charge is -1.92. The van der Waals surface area contributed by atoms with Crippen LogP contribution in [-0.4, -0.2) is 4.98 Å². The third-order valence-corrected chi connectivity index (χ3v) is 2.47. The van der Waals surface area contributed by atoms with Crippen LogP contribution in [0.5, 0.6) is 0 Å². The van der Waals surface area contributed by atoms with Crippen molar-refractivity contribution in [2.24, 2.45) is 0 Å². The van der Waals surface area contributed by atoms with E-state index >= 15 is 0 Å². The lowest BCUT2D eigenvalue weighted by Crippen LogP contribution is -1.82. The minimum Gasteiger partial charge on any atom is -0.434 e. The highest BCUT2D eigenvalue weighted by Gasteiger charge is 2.08. The molecule has 0 unspecified atom stereocenters. The van der Waals surface area contributed by atoms with Crippen molar-refractivity contribution in [3.8, 4) is 11.5 Å². The molecule has 0 aliphatic rings. The molecule has 0 bridgehead atoms. The molecule has 0 saturated carbocycles. The number of nitrogens with two attached hydrogens (primary N) is 1. The van der Waals surface area contributed by atoms with Gasteiger partial charge >= 0.3 is 0 Å². The van der Waals surface area contributed by atoms with E-state index in [0.717, 1.165) is 11.1 Å². The van der Waals surface area contributed by atoms with Gasteiger partial charge in [0.2, 0.25) is 5.89 Å². The Kier molecular flexibility index (Phi) is 1.90. The number of benzene rings is 2. The molecule has 0 aliphatic carbocycles. The van der Waals surface area contributed by atoms with E-state index in [1.54, 1.807) is 0 Å². The third kappa shape index (κ3) is 1.34. The molecule has 0 fully saturated rings. The van der Waals surface area contributed by atoms with Gasteiger partial charge in [0.1, 0.15) is 5.52 Å². The van der Waals surface area contributed by atoms with Crippen molar-refractivity contribution >= 4 is 16.8 Å². The van der Waals surface area contributed by atoms with Crippen molar-refractivity contribution in [2.45, 2.75) is 0 Å². The summed E-state index contributed by atoms with van der Waals surface area (Å²) in [5, 5.41) is 0. The standard InChI is InChI=1S/C13H10N2O/c14-10-7-4-8-11-12(10)16-13(15-11)9-5-2-1-3-6-9/h1-8H,14H2. The van der Waals surface area contributed by atoms with Gasteiger partial charge in [-0.05, 0) is 24.3 Å². The fraction of sp³-hybridized carbons (Fsp3) is 0. The highest BCUT2D eigenvalue weighted by molar-refractivity contribution is 5.86. The first-order valence-corrected chi connectivity index (χ1v) is 5.05. The zero-order chi connectivity index (χ0) is 11.0. The average molecular weight is 210 g/mol. The van der Waals surface area contributed by atoms with Gasteiger partial charge in [-0.3, -0.25) is 0 Å². The molecule has 78 valence electrons. The second kappa shape index (κ2) is 3.38. The summed E-state index contributed by atoms with van der Waals surface area (Å²) in [4.78, 5) is 4.40. The molecule has 3 heteroatoms. The van der Waals surface area contributed by atoms with Crippen LogP contribution < -0.4 is 5.73 Å². The number of hydrogen-bond acceptors (Lipinski definition) is 3. The molecule has 1 heterocycles. The van der Waals surface area contributed by atoms with Gasteiger partial charge < -0.3 is 10.2 Å². The lowest BCUT2D eigenvalue weighted by molar-refractivity contribution is 0.621. The number of anilines is 1. The van der Waals surface area contributed by atoms with Crippen LogP contribution in [0.2, 0.25) is 0 Å². The molecule has 1 aromatic heterocycles. The Hall–Kier alpha value is -2.29. The van der Waals surface area contributed by atoms with Crippen LogP contribution in [0.3, 0.4) is 0 Å². The zero-order valence-corrected chi connectivity index (χ0v) is 8.55. The number of oxazole rings is 1. The lowest BCUT2D eigenvalue weighted by atomic mass is 10.2. The molecule has 2 N–H and O–H groups in total. The van der Waals surface area contributed by atoms with Crippen LogP contribution >= 0.6 is 0 Å². The number of aromatic nitrogens is 1. The molecular weight excluding hydrogens is 200 g/mol. The molecule has 0 amide bonds. The van der Waals surface area contributed by atoms with Crippen LogP contribution in [0.15, 0.2) is 52.9 Å². The predicted molar refractivity (Wildman–Crippen MR) is 63.9 cm³/mol. The maximum absolute atomic E-state index is 5.81. The monoisotopic (exact) mass is 210 g/mol. The summed E-state index contributed by atoms with van der Waals surface area (Å²) in [6.45, 7) is 0. The molecule has 0 radical (unpaired) electrons. The fourth-order valence-electron chi connectivity index (χ4n) is 1.67. The van der Waals surface area contributed by atoms with Crippen molar-refractivity contribution < 1.29 is 4.42 Å². The van der Waals surface area contributed by atoms with Gasteiger partial charge in [0.25, 0.3) is 0 Å². The Labute approximate surface area is 92.5 Å². The molecule has 0 saturated heterocycles. The number of rotatable bonds is 1. The highest BCUT2D eigenvalue weighted by atomic mass is 16.3. The fourth-order valence-corrected chi connectivity index (χ4v) is 1.67. The maximum atomic E-state index is 5.81. The van der Waals surface area contributed by atoms with Crippen LogP contribution in [0, 0.1) is 0 Å². The van der Waals surface area contributed by atoms with Gasteiger partial charge in [-0.25, -0.2) is 4.98 Å². The van der Waals surface area contributed by atoms with Crippen LogP contribution in [0.4, 0.5) is 5.69 Å². The number of nitrogens with zero attached hydrogens (tertiary/aromatic N) is 1. The van der Waals surface area contributed by atoms with E-state index in [2.05, 4.69) is 4.98 Å². The topological polar surface area (TPSA) is 52.0 Å². The molecule has 0 atom stereocenters. The van der Waals surface area contributed by atoms with E-state index in [-0.39, 0.29) is 0 Å². The first kappa shape index (κ1) is 8.97. The Bertz CT molecular complexity index is 629. The minimum absolute atomic E-state index is 0.605. The number of hydrogen-bond donors (Lipinski definition) is 1. The largest absolute Gasteiger partial charge is 0.434 e. The smallest absolute Gasteiger partial charge is 0.227 e.